The number of methoxy groups -OCH3 is 1. The zero-order valence-electron chi connectivity index (χ0n) is 19.1. The van der Waals surface area contributed by atoms with Crippen LogP contribution in [0, 0.1) is 6.92 Å². The number of carbonyl (C=O) groups is 2. The van der Waals surface area contributed by atoms with Crippen LogP contribution in [0.15, 0.2) is 48.5 Å². The topological polar surface area (TPSA) is 53.1 Å². The molecule has 0 spiro atoms. The third-order valence-electron chi connectivity index (χ3n) is 6.66. The summed E-state index contributed by atoms with van der Waals surface area (Å²) in [6.45, 7) is 7.58. The van der Waals surface area contributed by atoms with Gasteiger partial charge >= 0.3 is 0 Å². The molecule has 32 heavy (non-hydrogen) atoms. The third kappa shape index (κ3) is 5.30. The van der Waals surface area contributed by atoms with Crippen molar-refractivity contribution in [1.82, 2.24) is 9.80 Å². The van der Waals surface area contributed by atoms with Crippen molar-refractivity contribution in [2.24, 2.45) is 0 Å². The van der Waals surface area contributed by atoms with Gasteiger partial charge < -0.3 is 9.64 Å². The molecule has 2 amide bonds. The van der Waals surface area contributed by atoms with Gasteiger partial charge in [0.2, 0.25) is 11.8 Å². The van der Waals surface area contributed by atoms with E-state index in [1.807, 2.05) is 24.3 Å². The van der Waals surface area contributed by atoms with Gasteiger partial charge in [0.05, 0.1) is 7.11 Å². The smallest absolute Gasteiger partial charge is 0.229 e. The summed E-state index contributed by atoms with van der Waals surface area (Å²) in [4.78, 5) is 31.7. The minimum absolute atomic E-state index is 0.0352. The first-order valence-corrected chi connectivity index (χ1v) is 11.5. The van der Waals surface area contributed by atoms with E-state index in [9.17, 15) is 9.59 Å². The number of likely N-dealkylation sites (tertiary alicyclic amines) is 1. The van der Waals surface area contributed by atoms with Crippen molar-refractivity contribution in [2.45, 2.75) is 32.1 Å². The first-order valence-electron chi connectivity index (χ1n) is 11.5. The largest absolute Gasteiger partial charge is 0.497 e. The van der Waals surface area contributed by atoms with Crippen LogP contribution in [0.25, 0.3) is 0 Å². The number of anilines is 1. The van der Waals surface area contributed by atoms with Gasteiger partial charge in [-0.1, -0.05) is 29.8 Å². The Morgan fingerprint density at radius 1 is 0.844 bits per heavy atom. The molecule has 4 rings (SSSR count). The van der Waals surface area contributed by atoms with Gasteiger partial charge in [-0.15, -0.1) is 0 Å². The van der Waals surface area contributed by atoms with E-state index < -0.39 is 0 Å². The minimum Gasteiger partial charge on any atom is -0.497 e. The molecular weight excluding hydrogens is 402 g/mol. The molecule has 2 aromatic rings. The van der Waals surface area contributed by atoms with Crippen LogP contribution in [-0.4, -0.2) is 68.0 Å². The van der Waals surface area contributed by atoms with Crippen molar-refractivity contribution in [3.05, 3.63) is 59.7 Å². The maximum atomic E-state index is 12.7. The average Bonchev–Trinajstić information content (AvgIpc) is 2.82. The fraction of sp³-hybridized carbons (Fsp3) is 0.462. The molecule has 0 aliphatic carbocycles. The van der Waals surface area contributed by atoms with Gasteiger partial charge in [-0.2, -0.15) is 0 Å². The van der Waals surface area contributed by atoms with Gasteiger partial charge in [0.25, 0.3) is 0 Å². The lowest BCUT2D eigenvalue weighted by Crippen LogP contribution is -2.48. The number of ether oxygens (including phenoxy) is 1. The molecule has 6 heteroatoms. The Kier molecular flexibility index (Phi) is 7.10. The highest BCUT2D eigenvalue weighted by Crippen LogP contribution is 2.30. The molecule has 2 aromatic carbocycles. The Bertz CT molecular complexity index is 900. The molecule has 2 aliphatic rings. The van der Waals surface area contributed by atoms with Crippen molar-refractivity contribution in [1.29, 1.82) is 0 Å². The molecule has 0 saturated carbocycles. The molecule has 0 aromatic heterocycles. The summed E-state index contributed by atoms with van der Waals surface area (Å²) < 4.78 is 5.19. The summed E-state index contributed by atoms with van der Waals surface area (Å²) >= 11 is 0. The van der Waals surface area contributed by atoms with Crippen molar-refractivity contribution in [3.63, 3.8) is 0 Å². The molecule has 0 unspecified atom stereocenters. The number of amides is 2. The Morgan fingerprint density at radius 2 is 1.47 bits per heavy atom. The van der Waals surface area contributed by atoms with E-state index in [-0.39, 0.29) is 17.7 Å². The fourth-order valence-corrected chi connectivity index (χ4v) is 4.65. The lowest BCUT2D eigenvalue weighted by atomic mass is 9.88. The van der Waals surface area contributed by atoms with Crippen molar-refractivity contribution in [3.8, 4) is 5.75 Å². The summed E-state index contributed by atoms with van der Waals surface area (Å²) in [7, 11) is 1.63. The van der Waals surface area contributed by atoms with Crippen molar-refractivity contribution in [2.75, 3.05) is 51.3 Å². The molecule has 170 valence electrons. The van der Waals surface area contributed by atoms with E-state index in [4.69, 9.17) is 4.74 Å². The fourth-order valence-electron chi connectivity index (χ4n) is 4.65. The number of piperazine rings is 1. The molecule has 0 atom stereocenters. The molecule has 2 heterocycles. The van der Waals surface area contributed by atoms with Crippen LogP contribution >= 0.6 is 0 Å². The first-order chi connectivity index (χ1) is 15.5. The first kappa shape index (κ1) is 22.3. The Morgan fingerprint density at radius 3 is 2.06 bits per heavy atom. The zero-order valence-corrected chi connectivity index (χ0v) is 19.1. The van der Waals surface area contributed by atoms with Crippen LogP contribution in [-0.2, 0) is 9.59 Å². The van der Waals surface area contributed by atoms with Gasteiger partial charge in [-0.3, -0.25) is 19.4 Å². The lowest BCUT2D eigenvalue weighted by Gasteiger charge is -2.36. The van der Waals surface area contributed by atoms with Gasteiger partial charge in [0.1, 0.15) is 5.75 Å². The highest BCUT2D eigenvalue weighted by Gasteiger charge is 2.33. The number of hydrogen-bond acceptors (Lipinski definition) is 5. The Balaban J connectivity index is 1.21. The predicted octanol–water partition coefficient (Wildman–Crippen LogP) is 3.45. The summed E-state index contributed by atoms with van der Waals surface area (Å²) in [5, 5.41) is 0. The molecule has 2 fully saturated rings. The van der Waals surface area contributed by atoms with Crippen LogP contribution in [0.2, 0.25) is 0 Å². The second-order valence-corrected chi connectivity index (χ2v) is 8.84. The molecule has 0 bridgehead atoms. The van der Waals surface area contributed by atoms with E-state index in [1.165, 1.54) is 16.2 Å². The lowest BCUT2D eigenvalue weighted by molar-refractivity contribution is -0.148. The summed E-state index contributed by atoms with van der Waals surface area (Å²) in [5.74, 6) is 0.646. The van der Waals surface area contributed by atoms with E-state index >= 15 is 0 Å². The molecule has 0 N–H and O–H groups in total. The Labute approximate surface area is 190 Å². The minimum atomic E-state index is -0.0498. The normalized spacial score (nSPS) is 18.3. The molecule has 6 nitrogen and oxygen atoms in total. The molecular formula is C26H33N3O3. The monoisotopic (exact) mass is 435 g/mol. The summed E-state index contributed by atoms with van der Waals surface area (Å²) in [6, 6.07) is 16.4. The van der Waals surface area contributed by atoms with Crippen LogP contribution < -0.4 is 9.64 Å². The number of piperidine rings is 1. The van der Waals surface area contributed by atoms with Gasteiger partial charge in [0.15, 0.2) is 0 Å². The van der Waals surface area contributed by atoms with Crippen LogP contribution in [0.1, 0.15) is 36.3 Å². The van der Waals surface area contributed by atoms with E-state index in [2.05, 4.69) is 41.0 Å². The predicted molar refractivity (Wildman–Crippen MR) is 126 cm³/mol. The number of carbonyl (C=O) groups excluding carboxylic acids is 2. The number of benzene rings is 2. The number of rotatable bonds is 7. The maximum absolute atomic E-state index is 12.7. The second-order valence-electron chi connectivity index (χ2n) is 8.84. The van der Waals surface area contributed by atoms with Crippen LogP contribution in [0.4, 0.5) is 5.69 Å². The second kappa shape index (κ2) is 10.2. The third-order valence-corrected chi connectivity index (χ3v) is 6.66. The molecule has 0 radical (unpaired) electrons. The number of hydrogen-bond donors (Lipinski definition) is 0. The Hall–Kier alpha value is -2.86. The highest BCUT2D eigenvalue weighted by molar-refractivity contribution is 5.98. The SMILES string of the molecule is COc1ccc(C2CC(=O)N(CCCN3CCN(c4ccc(C)cc4)CC3)C(=O)C2)cc1. The van der Waals surface area contributed by atoms with Gasteiger partial charge in [-0.25, -0.2) is 0 Å². The van der Waals surface area contributed by atoms with Crippen molar-refractivity contribution < 1.29 is 14.3 Å². The summed E-state index contributed by atoms with van der Waals surface area (Å²) in [5.41, 5.74) is 3.59. The number of nitrogens with zero attached hydrogens (tertiary/aromatic N) is 3. The standard InChI is InChI=1S/C26H33N3O3/c1-20-4-8-23(9-5-20)28-16-14-27(15-17-28)12-3-13-29-25(30)18-22(19-26(29)31)21-6-10-24(32-2)11-7-21/h4-11,22H,3,12-19H2,1-2H3. The van der Waals surface area contributed by atoms with Gasteiger partial charge in [0, 0.05) is 57.2 Å². The van der Waals surface area contributed by atoms with Crippen molar-refractivity contribution >= 4 is 17.5 Å². The number of imide groups is 1. The quantitative estimate of drug-likeness (QED) is 0.624. The maximum Gasteiger partial charge on any atom is 0.229 e. The highest BCUT2D eigenvalue weighted by atomic mass is 16.5. The van der Waals surface area contributed by atoms with Crippen LogP contribution in [0.3, 0.4) is 0 Å². The molecule has 2 saturated heterocycles. The molecule has 2 aliphatic heterocycles. The average molecular weight is 436 g/mol. The van der Waals surface area contributed by atoms with E-state index in [0.29, 0.717) is 19.4 Å². The van der Waals surface area contributed by atoms with E-state index in [0.717, 1.165) is 50.5 Å². The zero-order chi connectivity index (χ0) is 22.5. The number of aryl methyl sites for hydroxylation is 1. The van der Waals surface area contributed by atoms with Crippen LogP contribution in [0.5, 0.6) is 5.75 Å². The van der Waals surface area contributed by atoms with E-state index in [1.54, 1.807) is 7.11 Å². The van der Waals surface area contributed by atoms with Gasteiger partial charge in [-0.05, 0) is 49.7 Å². The summed E-state index contributed by atoms with van der Waals surface area (Å²) in [6.07, 6.45) is 1.62.